The summed E-state index contributed by atoms with van der Waals surface area (Å²) in [7, 11) is 0. The summed E-state index contributed by atoms with van der Waals surface area (Å²) in [5.41, 5.74) is 1.09. The molecule has 98 valence electrons. The number of rotatable bonds is 5. The van der Waals surface area contributed by atoms with Crippen LogP contribution >= 0.6 is 46.2 Å². The van der Waals surface area contributed by atoms with Gasteiger partial charge in [-0.2, -0.15) is 0 Å². The second kappa shape index (κ2) is 6.21. The number of fused-ring (bicyclic) bond motifs is 1. The van der Waals surface area contributed by atoms with E-state index in [0.29, 0.717) is 0 Å². The summed E-state index contributed by atoms with van der Waals surface area (Å²) in [6.45, 7) is 2.13. The average Bonchev–Trinajstić information content (AvgIpc) is 3.02. The van der Waals surface area contributed by atoms with Crippen LogP contribution in [0.2, 0.25) is 0 Å². The molecule has 1 aromatic carbocycles. The Kier molecular flexibility index (Phi) is 4.37. The van der Waals surface area contributed by atoms with Gasteiger partial charge < -0.3 is 0 Å². The Bertz CT molecular complexity index is 643. The summed E-state index contributed by atoms with van der Waals surface area (Å²) in [5, 5.41) is 9.49. The minimum atomic E-state index is 0.866. The summed E-state index contributed by atoms with van der Waals surface area (Å²) < 4.78 is 3.32. The number of para-hydroxylation sites is 1. The molecule has 3 nitrogen and oxygen atoms in total. The highest BCUT2D eigenvalue weighted by Crippen LogP contribution is 2.32. The number of hydrogen-bond donors (Lipinski definition) is 0. The van der Waals surface area contributed by atoms with E-state index in [1.165, 1.54) is 4.70 Å². The summed E-state index contributed by atoms with van der Waals surface area (Å²) in [6.07, 6.45) is 0. The van der Waals surface area contributed by atoms with Crippen LogP contribution in [-0.4, -0.2) is 20.9 Å². The van der Waals surface area contributed by atoms with Gasteiger partial charge in [0.05, 0.1) is 16.0 Å². The first-order valence-electron chi connectivity index (χ1n) is 5.78. The lowest BCUT2D eigenvalue weighted by Crippen LogP contribution is -1.77. The minimum Gasteiger partial charge on any atom is -0.240 e. The fourth-order valence-corrected chi connectivity index (χ4v) is 5.42. The van der Waals surface area contributed by atoms with Crippen molar-refractivity contribution in [1.82, 2.24) is 15.2 Å². The molecule has 2 heterocycles. The Morgan fingerprint density at radius 3 is 2.63 bits per heavy atom. The SMILES string of the molecule is CCSc1nnc(SCc2nc3ccccc3s2)s1. The monoisotopic (exact) mass is 325 g/mol. The topological polar surface area (TPSA) is 38.7 Å². The number of hydrogen-bond acceptors (Lipinski definition) is 7. The second-order valence-corrected chi connectivity index (χ2v) is 8.46. The normalized spacial score (nSPS) is 11.2. The zero-order valence-corrected chi connectivity index (χ0v) is 13.5. The van der Waals surface area contributed by atoms with Crippen molar-refractivity contribution < 1.29 is 0 Å². The van der Waals surface area contributed by atoms with Gasteiger partial charge in [-0.05, 0) is 17.9 Å². The van der Waals surface area contributed by atoms with E-state index in [1.807, 2.05) is 6.07 Å². The molecule has 3 rings (SSSR count). The van der Waals surface area contributed by atoms with Gasteiger partial charge in [-0.1, -0.05) is 53.9 Å². The molecule has 0 bridgehead atoms. The molecular weight excluding hydrogens is 314 g/mol. The molecule has 19 heavy (non-hydrogen) atoms. The molecule has 0 radical (unpaired) electrons. The third-order valence-corrected chi connectivity index (χ3v) is 6.62. The molecule has 0 unspecified atom stereocenters. The highest BCUT2D eigenvalue weighted by atomic mass is 32.2. The molecule has 0 aliphatic heterocycles. The number of thiazole rings is 1. The van der Waals surface area contributed by atoms with E-state index < -0.39 is 0 Å². The van der Waals surface area contributed by atoms with Crippen LogP contribution in [0, 0.1) is 0 Å². The van der Waals surface area contributed by atoms with Crippen molar-refractivity contribution in [2.75, 3.05) is 5.75 Å². The first-order chi connectivity index (χ1) is 9.35. The van der Waals surface area contributed by atoms with Gasteiger partial charge in [0.15, 0.2) is 8.68 Å². The summed E-state index contributed by atoms with van der Waals surface area (Å²) in [5.74, 6) is 1.90. The molecule has 0 N–H and O–H groups in total. The van der Waals surface area contributed by atoms with Gasteiger partial charge in [0.1, 0.15) is 5.01 Å². The number of thioether (sulfide) groups is 2. The zero-order chi connectivity index (χ0) is 13.1. The lowest BCUT2D eigenvalue weighted by Gasteiger charge is -1.90. The maximum atomic E-state index is 4.62. The lowest BCUT2D eigenvalue weighted by atomic mass is 10.3. The van der Waals surface area contributed by atoms with Gasteiger partial charge in [0, 0.05) is 0 Å². The van der Waals surface area contributed by atoms with Gasteiger partial charge in [0.25, 0.3) is 0 Å². The predicted octanol–water partition coefficient (Wildman–Crippen LogP) is 4.55. The van der Waals surface area contributed by atoms with Gasteiger partial charge in [-0.3, -0.25) is 0 Å². The predicted molar refractivity (Wildman–Crippen MR) is 85.5 cm³/mol. The Morgan fingerprint density at radius 2 is 1.84 bits per heavy atom. The van der Waals surface area contributed by atoms with E-state index >= 15 is 0 Å². The maximum Gasteiger partial charge on any atom is 0.175 e. The van der Waals surface area contributed by atoms with Crippen molar-refractivity contribution in [1.29, 1.82) is 0 Å². The van der Waals surface area contributed by atoms with Gasteiger partial charge in [-0.25, -0.2) is 4.98 Å². The van der Waals surface area contributed by atoms with Crippen LogP contribution in [-0.2, 0) is 5.75 Å². The lowest BCUT2D eigenvalue weighted by molar-refractivity contribution is 0.954. The third-order valence-electron chi connectivity index (χ3n) is 2.31. The fraction of sp³-hybridized carbons (Fsp3) is 0.250. The maximum absolute atomic E-state index is 4.62. The summed E-state index contributed by atoms with van der Waals surface area (Å²) in [4.78, 5) is 4.62. The molecule has 3 aromatic rings. The van der Waals surface area contributed by atoms with Crippen LogP contribution in [0.5, 0.6) is 0 Å². The Hall–Kier alpha value is -0.630. The fourth-order valence-electron chi connectivity index (χ4n) is 1.54. The van der Waals surface area contributed by atoms with E-state index in [2.05, 4.69) is 40.3 Å². The number of nitrogens with zero attached hydrogens (tertiary/aromatic N) is 3. The van der Waals surface area contributed by atoms with Crippen LogP contribution in [0.3, 0.4) is 0 Å². The number of aromatic nitrogens is 3. The Labute approximate surface area is 127 Å². The number of benzene rings is 1. The molecule has 0 saturated heterocycles. The molecule has 7 heteroatoms. The van der Waals surface area contributed by atoms with E-state index in [0.717, 1.165) is 30.7 Å². The molecule has 0 atom stereocenters. The van der Waals surface area contributed by atoms with Crippen molar-refractivity contribution >= 4 is 56.4 Å². The molecule has 0 amide bonds. The Balaban J connectivity index is 1.67. The standard InChI is InChI=1S/C12H11N3S4/c1-2-16-11-14-15-12(19-11)17-7-10-13-8-5-3-4-6-9(8)18-10/h3-6H,2,7H2,1H3. The van der Waals surface area contributed by atoms with E-state index in [1.54, 1.807) is 46.2 Å². The van der Waals surface area contributed by atoms with Crippen LogP contribution in [0.4, 0.5) is 0 Å². The smallest absolute Gasteiger partial charge is 0.175 e. The van der Waals surface area contributed by atoms with E-state index in [4.69, 9.17) is 0 Å². The second-order valence-electron chi connectivity index (χ2n) is 3.63. The van der Waals surface area contributed by atoms with Crippen LogP contribution in [0.15, 0.2) is 32.9 Å². The Morgan fingerprint density at radius 1 is 1.05 bits per heavy atom. The van der Waals surface area contributed by atoms with Crippen LogP contribution in [0.1, 0.15) is 11.9 Å². The van der Waals surface area contributed by atoms with Gasteiger partial charge >= 0.3 is 0 Å². The highest BCUT2D eigenvalue weighted by molar-refractivity contribution is 8.02. The summed E-state index contributed by atoms with van der Waals surface area (Å²) >= 11 is 6.87. The molecule has 0 aliphatic rings. The molecule has 0 saturated carbocycles. The van der Waals surface area contributed by atoms with Crippen molar-refractivity contribution in [3.63, 3.8) is 0 Å². The van der Waals surface area contributed by atoms with Gasteiger partial charge in [-0.15, -0.1) is 21.5 Å². The van der Waals surface area contributed by atoms with Crippen molar-refractivity contribution in [3.8, 4) is 0 Å². The molecule has 0 fully saturated rings. The largest absolute Gasteiger partial charge is 0.240 e. The third kappa shape index (κ3) is 3.28. The highest BCUT2D eigenvalue weighted by Gasteiger charge is 2.07. The molecular formula is C12H11N3S4. The van der Waals surface area contributed by atoms with Crippen molar-refractivity contribution in [2.45, 2.75) is 21.4 Å². The van der Waals surface area contributed by atoms with E-state index in [9.17, 15) is 0 Å². The van der Waals surface area contributed by atoms with Crippen LogP contribution in [0.25, 0.3) is 10.2 Å². The van der Waals surface area contributed by atoms with Crippen molar-refractivity contribution in [2.24, 2.45) is 0 Å². The molecule has 2 aromatic heterocycles. The van der Waals surface area contributed by atoms with E-state index in [-0.39, 0.29) is 0 Å². The first-order valence-corrected chi connectivity index (χ1v) is 9.39. The zero-order valence-electron chi connectivity index (χ0n) is 10.2. The average molecular weight is 326 g/mol. The molecule has 0 aliphatic carbocycles. The summed E-state index contributed by atoms with van der Waals surface area (Å²) in [6, 6.07) is 8.25. The first kappa shape index (κ1) is 13.4. The van der Waals surface area contributed by atoms with Gasteiger partial charge in [0.2, 0.25) is 0 Å². The molecule has 0 spiro atoms. The quantitative estimate of drug-likeness (QED) is 0.643. The van der Waals surface area contributed by atoms with Crippen LogP contribution < -0.4 is 0 Å². The minimum absolute atomic E-state index is 0.866. The van der Waals surface area contributed by atoms with Crippen molar-refractivity contribution in [3.05, 3.63) is 29.3 Å².